The topological polar surface area (TPSA) is 112 Å². The molecule has 0 aliphatic carbocycles. The summed E-state index contributed by atoms with van der Waals surface area (Å²) in [5.41, 5.74) is 3.31. The molecule has 4 atom stereocenters. The van der Waals surface area contributed by atoms with Gasteiger partial charge >= 0.3 is 11.9 Å². The maximum atomic E-state index is 12.1. The van der Waals surface area contributed by atoms with Crippen LogP contribution in [0.5, 0.6) is 11.5 Å². The van der Waals surface area contributed by atoms with Gasteiger partial charge in [0, 0.05) is 27.7 Å². The Morgan fingerprint density at radius 2 is 1.09 bits per heavy atom. The van der Waals surface area contributed by atoms with Crippen LogP contribution in [0.25, 0.3) is 12.2 Å². The number of benzene rings is 2. The van der Waals surface area contributed by atoms with Gasteiger partial charge in [-0.1, -0.05) is 63.4 Å². The van der Waals surface area contributed by atoms with E-state index in [0.717, 1.165) is 22.3 Å². The largest absolute Gasteiger partial charge is 0.451 e. The molecular formula is C35H44O8. The number of hydrogen-bond acceptors (Lipinski definition) is 8. The molecule has 0 radical (unpaired) electrons. The van der Waals surface area contributed by atoms with Crippen molar-refractivity contribution in [3.8, 4) is 11.5 Å². The summed E-state index contributed by atoms with van der Waals surface area (Å²) in [4.78, 5) is 24.2. The molecular weight excluding hydrogens is 548 g/mol. The molecule has 2 aromatic rings. The average Bonchev–Trinajstić information content (AvgIpc) is 2.93. The Labute approximate surface area is 254 Å². The van der Waals surface area contributed by atoms with E-state index in [-0.39, 0.29) is 11.1 Å². The van der Waals surface area contributed by atoms with E-state index in [1.165, 1.54) is 27.7 Å². The lowest BCUT2D eigenvalue weighted by Crippen LogP contribution is -2.35. The Balaban J connectivity index is 2.48. The van der Waals surface area contributed by atoms with Crippen molar-refractivity contribution >= 4 is 24.1 Å². The van der Waals surface area contributed by atoms with Gasteiger partial charge in [-0.2, -0.15) is 0 Å². The Kier molecular flexibility index (Phi) is 12.5. The third kappa shape index (κ3) is 9.43. The fourth-order valence-electron chi connectivity index (χ4n) is 3.98. The predicted molar refractivity (Wildman–Crippen MR) is 168 cm³/mol. The second-order valence-electron chi connectivity index (χ2n) is 11.0. The highest BCUT2D eigenvalue weighted by molar-refractivity contribution is 5.87. The third-order valence-electron chi connectivity index (χ3n) is 6.57. The number of aliphatic hydroxyl groups excluding tert-OH is 2. The highest BCUT2D eigenvalue weighted by atomic mass is 16.7. The van der Waals surface area contributed by atoms with Gasteiger partial charge in [0.2, 0.25) is 0 Å². The number of carbonyl (C=O) groups is 2. The van der Waals surface area contributed by atoms with Crippen molar-refractivity contribution in [2.24, 2.45) is 0 Å². The molecule has 8 heteroatoms. The van der Waals surface area contributed by atoms with Gasteiger partial charge in [0.25, 0.3) is 12.6 Å². The maximum absolute atomic E-state index is 12.1. The SMILES string of the molecule is C=C(C)C(=O)OC(Oc1ccc(C(C)(C)c2ccc(OC(OC(=O)C(=C)C)C(C)O)c(/C=C\C)c2)cc1/C=C\C)C(C)O. The van der Waals surface area contributed by atoms with Gasteiger partial charge in [0.15, 0.2) is 0 Å². The molecule has 0 aliphatic rings. The van der Waals surface area contributed by atoms with Crippen LogP contribution in [-0.2, 0) is 24.5 Å². The Morgan fingerprint density at radius 3 is 1.37 bits per heavy atom. The minimum absolute atomic E-state index is 0.197. The van der Waals surface area contributed by atoms with Gasteiger partial charge < -0.3 is 29.2 Å². The van der Waals surface area contributed by atoms with E-state index in [0.29, 0.717) is 11.5 Å². The molecule has 2 aromatic carbocycles. The number of rotatable bonds is 14. The van der Waals surface area contributed by atoms with Crippen LogP contribution in [0.2, 0.25) is 0 Å². The number of ether oxygens (including phenoxy) is 4. The third-order valence-corrected chi connectivity index (χ3v) is 6.57. The van der Waals surface area contributed by atoms with Crippen LogP contribution in [0.15, 0.2) is 72.9 Å². The zero-order valence-corrected chi connectivity index (χ0v) is 26.3. The number of aliphatic hydroxyl groups is 2. The second kappa shape index (κ2) is 15.4. The quantitative estimate of drug-likeness (QED) is 0.146. The number of allylic oxidation sites excluding steroid dienone is 2. The lowest BCUT2D eigenvalue weighted by molar-refractivity contribution is -0.174. The molecule has 0 heterocycles. The van der Waals surface area contributed by atoms with Gasteiger partial charge in [-0.15, -0.1) is 0 Å². The zero-order chi connectivity index (χ0) is 32.5. The first-order valence-electron chi connectivity index (χ1n) is 14.1. The van der Waals surface area contributed by atoms with E-state index in [9.17, 15) is 19.8 Å². The Morgan fingerprint density at radius 1 is 0.744 bits per heavy atom. The molecule has 0 amide bonds. The minimum atomic E-state index is -1.22. The molecule has 0 saturated carbocycles. The summed E-state index contributed by atoms with van der Waals surface area (Å²) >= 11 is 0. The van der Waals surface area contributed by atoms with E-state index in [1.54, 1.807) is 12.1 Å². The molecule has 2 N–H and O–H groups in total. The smallest absolute Gasteiger partial charge is 0.336 e. The molecule has 43 heavy (non-hydrogen) atoms. The van der Waals surface area contributed by atoms with E-state index in [2.05, 4.69) is 27.0 Å². The second-order valence-corrected chi connectivity index (χ2v) is 11.0. The standard InChI is InChI=1S/C35H44O8/c1-11-13-25-19-27(15-17-29(25)40-33(23(7)36)42-31(38)21(3)4)35(9,10)28-16-18-30(26(20-28)14-12-2)41-34(24(8)37)43-32(39)22(5)6/h11-20,23-24,33-34,36-37H,3,5H2,1-2,4,6-10H3/b13-11-,14-12-. The lowest BCUT2D eigenvalue weighted by Gasteiger charge is -2.29. The molecule has 0 bridgehead atoms. The molecule has 0 saturated heterocycles. The summed E-state index contributed by atoms with van der Waals surface area (Å²) in [6.07, 6.45) is 2.88. The summed E-state index contributed by atoms with van der Waals surface area (Å²) in [6, 6.07) is 11.4. The fourth-order valence-corrected chi connectivity index (χ4v) is 3.98. The normalized spacial score (nSPS) is 14.6. The molecule has 0 aliphatic heterocycles. The highest BCUT2D eigenvalue weighted by Gasteiger charge is 2.28. The molecule has 0 aromatic heterocycles. The molecule has 2 rings (SSSR count). The van der Waals surface area contributed by atoms with Crippen molar-refractivity contribution < 1.29 is 38.7 Å². The lowest BCUT2D eigenvalue weighted by atomic mass is 9.77. The number of carbonyl (C=O) groups excluding carboxylic acids is 2. The zero-order valence-electron chi connectivity index (χ0n) is 26.3. The Bertz CT molecular complexity index is 1280. The van der Waals surface area contributed by atoms with Gasteiger partial charge in [0.05, 0.1) is 0 Å². The van der Waals surface area contributed by atoms with Crippen molar-refractivity contribution in [2.75, 3.05) is 0 Å². The minimum Gasteiger partial charge on any atom is -0.451 e. The molecule has 0 fully saturated rings. The highest BCUT2D eigenvalue weighted by Crippen LogP contribution is 2.37. The van der Waals surface area contributed by atoms with Crippen LogP contribution < -0.4 is 9.47 Å². The van der Waals surface area contributed by atoms with Crippen LogP contribution in [0.3, 0.4) is 0 Å². The first-order valence-corrected chi connectivity index (χ1v) is 14.1. The van der Waals surface area contributed by atoms with Crippen LogP contribution in [0, 0.1) is 0 Å². The molecule has 4 unspecified atom stereocenters. The van der Waals surface area contributed by atoms with Gasteiger partial charge in [-0.3, -0.25) is 0 Å². The van der Waals surface area contributed by atoms with Crippen LogP contribution in [0.4, 0.5) is 0 Å². The first-order chi connectivity index (χ1) is 20.1. The predicted octanol–water partition coefficient (Wildman–Crippen LogP) is 6.49. The number of hydrogen-bond donors (Lipinski definition) is 2. The Hall–Kier alpha value is -4.14. The summed E-state index contributed by atoms with van der Waals surface area (Å²) in [5.74, 6) is -0.446. The van der Waals surface area contributed by atoms with Gasteiger partial charge in [-0.25, -0.2) is 9.59 Å². The van der Waals surface area contributed by atoms with Crippen molar-refractivity contribution in [1.29, 1.82) is 0 Å². The summed E-state index contributed by atoms with van der Waals surface area (Å²) < 4.78 is 22.5. The fraction of sp³-hybridized carbons (Fsp3) is 0.371. The van der Waals surface area contributed by atoms with Crippen molar-refractivity contribution in [1.82, 2.24) is 0 Å². The van der Waals surface area contributed by atoms with Crippen LogP contribution >= 0.6 is 0 Å². The molecule has 232 valence electrons. The van der Waals surface area contributed by atoms with E-state index >= 15 is 0 Å². The summed E-state index contributed by atoms with van der Waals surface area (Å²) in [6.45, 7) is 21.1. The average molecular weight is 593 g/mol. The summed E-state index contributed by atoms with van der Waals surface area (Å²) in [5, 5.41) is 20.4. The van der Waals surface area contributed by atoms with E-state index in [1.807, 2.05) is 62.4 Å². The van der Waals surface area contributed by atoms with Gasteiger partial charge in [0.1, 0.15) is 23.7 Å². The van der Waals surface area contributed by atoms with Crippen molar-refractivity contribution in [3.05, 3.63) is 95.1 Å². The molecule has 0 spiro atoms. The maximum Gasteiger partial charge on any atom is 0.336 e. The van der Waals surface area contributed by atoms with Crippen LogP contribution in [-0.4, -0.2) is 46.9 Å². The molecule has 8 nitrogen and oxygen atoms in total. The van der Waals surface area contributed by atoms with Crippen molar-refractivity contribution in [3.63, 3.8) is 0 Å². The van der Waals surface area contributed by atoms with Gasteiger partial charge in [-0.05, 0) is 76.9 Å². The number of esters is 2. The van der Waals surface area contributed by atoms with Crippen LogP contribution in [0.1, 0.15) is 77.6 Å². The first kappa shape index (κ1) is 35.1. The monoisotopic (exact) mass is 592 g/mol. The van der Waals surface area contributed by atoms with E-state index in [4.69, 9.17) is 18.9 Å². The summed E-state index contributed by atoms with van der Waals surface area (Å²) in [7, 11) is 0. The van der Waals surface area contributed by atoms with E-state index < -0.39 is 42.1 Å². The van der Waals surface area contributed by atoms with Crippen molar-refractivity contribution in [2.45, 2.75) is 85.6 Å².